The summed E-state index contributed by atoms with van der Waals surface area (Å²) in [5, 5.41) is 0. The molecule has 0 radical (unpaired) electrons. The molecule has 0 atom stereocenters. The van der Waals surface area contributed by atoms with E-state index in [-0.39, 0.29) is 10.6 Å². The van der Waals surface area contributed by atoms with Crippen molar-refractivity contribution in [3.63, 3.8) is 0 Å². The Morgan fingerprint density at radius 2 is 1.65 bits per heavy atom. The predicted molar refractivity (Wildman–Crippen MR) is 86.8 cm³/mol. The topological polar surface area (TPSA) is 46.2 Å². The Morgan fingerprint density at radius 1 is 0.950 bits per heavy atom. The highest BCUT2D eigenvalue weighted by Crippen LogP contribution is 2.30. The van der Waals surface area contributed by atoms with Crippen LogP contribution in [0.5, 0.6) is 0 Å². The van der Waals surface area contributed by atoms with Gasteiger partial charge < -0.3 is 0 Å². The summed E-state index contributed by atoms with van der Waals surface area (Å²) in [7, 11) is -3.81. The van der Waals surface area contributed by atoms with Crippen LogP contribution in [-0.4, -0.2) is 8.42 Å². The number of hydrogen-bond acceptors (Lipinski definition) is 2. The molecule has 0 amide bonds. The fourth-order valence-electron chi connectivity index (χ4n) is 1.47. The Morgan fingerprint density at radius 3 is 2.30 bits per heavy atom. The van der Waals surface area contributed by atoms with Gasteiger partial charge in [0.25, 0.3) is 10.0 Å². The summed E-state index contributed by atoms with van der Waals surface area (Å²) < 4.78 is 41.7. The number of sulfonamides is 1. The number of rotatable bonds is 3. The summed E-state index contributed by atoms with van der Waals surface area (Å²) in [4.78, 5) is 0.0665. The van der Waals surface area contributed by atoms with E-state index in [2.05, 4.69) is 52.5 Å². The summed E-state index contributed by atoms with van der Waals surface area (Å²) in [5.41, 5.74) is 0.139. The number of benzene rings is 2. The molecular formula is C12H7Br3FNO2S. The van der Waals surface area contributed by atoms with Crippen LogP contribution in [0.25, 0.3) is 0 Å². The third kappa shape index (κ3) is 3.60. The normalized spacial score (nSPS) is 11.4. The van der Waals surface area contributed by atoms with Crippen molar-refractivity contribution < 1.29 is 12.8 Å². The molecule has 2 rings (SSSR count). The van der Waals surface area contributed by atoms with Crippen LogP contribution < -0.4 is 4.72 Å². The van der Waals surface area contributed by atoms with E-state index < -0.39 is 15.8 Å². The van der Waals surface area contributed by atoms with Crippen molar-refractivity contribution in [1.29, 1.82) is 0 Å². The molecule has 2 aromatic carbocycles. The Bertz CT molecular complexity index is 765. The highest BCUT2D eigenvalue weighted by atomic mass is 79.9. The van der Waals surface area contributed by atoms with Crippen LogP contribution in [0.2, 0.25) is 0 Å². The molecule has 1 N–H and O–H groups in total. The lowest BCUT2D eigenvalue weighted by atomic mass is 10.3. The van der Waals surface area contributed by atoms with E-state index in [4.69, 9.17) is 0 Å². The molecular weight excluding hydrogens is 481 g/mol. The fourth-order valence-corrected chi connectivity index (χ4v) is 4.76. The number of halogens is 4. The largest absolute Gasteiger partial charge is 0.278 e. The SMILES string of the molecule is O=S(=O)(Nc1cc(F)ccc1Br)c1ccc(Br)cc1Br. The van der Waals surface area contributed by atoms with Crippen molar-refractivity contribution in [2.24, 2.45) is 0 Å². The van der Waals surface area contributed by atoms with E-state index in [1.807, 2.05) is 0 Å². The molecule has 0 aliphatic heterocycles. The third-order valence-corrected chi connectivity index (χ3v) is 5.88. The van der Waals surface area contributed by atoms with Gasteiger partial charge in [0.1, 0.15) is 10.7 Å². The maximum atomic E-state index is 13.2. The fraction of sp³-hybridized carbons (Fsp3) is 0. The summed E-state index contributed by atoms with van der Waals surface area (Å²) in [6, 6.07) is 8.45. The molecule has 0 aromatic heterocycles. The van der Waals surface area contributed by atoms with Gasteiger partial charge in [0.2, 0.25) is 0 Å². The van der Waals surface area contributed by atoms with E-state index in [1.54, 1.807) is 12.1 Å². The lowest BCUT2D eigenvalue weighted by molar-refractivity contribution is 0.600. The second-order valence-corrected chi connectivity index (χ2v) is 8.08. The summed E-state index contributed by atoms with van der Waals surface area (Å²) >= 11 is 9.62. The van der Waals surface area contributed by atoms with Crippen LogP contribution in [0.4, 0.5) is 10.1 Å². The van der Waals surface area contributed by atoms with Gasteiger partial charge in [-0.25, -0.2) is 12.8 Å². The standard InChI is InChI=1S/C12H7Br3FNO2S/c13-7-1-4-12(10(15)5-7)20(18,19)17-11-6-8(16)2-3-9(11)14/h1-6,17H. The monoisotopic (exact) mass is 485 g/mol. The Balaban J connectivity index is 2.43. The maximum absolute atomic E-state index is 13.2. The summed E-state index contributed by atoms with van der Waals surface area (Å²) in [6.45, 7) is 0. The minimum atomic E-state index is -3.81. The number of hydrogen-bond donors (Lipinski definition) is 1. The second-order valence-electron chi connectivity index (χ2n) is 3.80. The molecule has 0 spiro atoms. The molecule has 106 valence electrons. The highest BCUT2D eigenvalue weighted by molar-refractivity contribution is 9.11. The average molecular weight is 488 g/mol. The van der Waals surface area contributed by atoms with Crippen molar-refractivity contribution in [2.45, 2.75) is 4.90 Å². The lowest BCUT2D eigenvalue weighted by Gasteiger charge is -2.11. The minimum Gasteiger partial charge on any atom is -0.278 e. The van der Waals surface area contributed by atoms with Crippen LogP contribution in [0.15, 0.2) is 54.7 Å². The Labute approximate surface area is 141 Å². The quantitative estimate of drug-likeness (QED) is 0.668. The van der Waals surface area contributed by atoms with E-state index in [0.29, 0.717) is 8.95 Å². The lowest BCUT2D eigenvalue weighted by Crippen LogP contribution is -2.14. The van der Waals surface area contributed by atoms with Gasteiger partial charge in [-0.3, -0.25) is 4.72 Å². The molecule has 0 saturated carbocycles. The Hall–Kier alpha value is -0.440. The first-order valence-corrected chi connectivity index (χ1v) is 9.09. The zero-order chi connectivity index (χ0) is 14.9. The van der Waals surface area contributed by atoms with Crippen LogP contribution in [0.1, 0.15) is 0 Å². The van der Waals surface area contributed by atoms with Crippen molar-refractivity contribution in [1.82, 2.24) is 0 Å². The molecule has 0 aliphatic rings. The van der Waals surface area contributed by atoms with Gasteiger partial charge in [-0.1, -0.05) is 15.9 Å². The molecule has 0 aliphatic carbocycles. The van der Waals surface area contributed by atoms with Gasteiger partial charge in [-0.15, -0.1) is 0 Å². The average Bonchev–Trinajstić information content (AvgIpc) is 2.33. The van der Waals surface area contributed by atoms with Gasteiger partial charge in [-0.2, -0.15) is 0 Å². The molecule has 3 nitrogen and oxygen atoms in total. The molecule has 0 heterocycles. The number of nitrogens with one attached hydrogen (secondary N) is 1. The van der Waals surface area contributed by atoms with E-state index >= 15 is 0 Å². The van der Waals surface area contributed by atoms with E-state index in [1.165, 1.54) is 18.2 Å². The molecule has 8 heteroatoms. The Kier molecular flexibility index (Phi) is 4.88. The van der Waals surface area contributed by atoms with Gasteiger partial charge in [0.15, 0.2) is 0 Å². The van der Waals surface area contributed by atoms with Crippen molar-refractivity contribution in [3.05, 3.63) is 55.6 Å². The van der Waals surface area contributed by atoms with E-state index in [0.717, 1.165) is 10.5 Å². The first-order chi connectivity index (χ1) is 9.29. The van der Waals surface area contributed by atoms with Crippen molar-refractivity contribution in [3.8, 4) is 0 Å². The predicted octanol–water partition coefficient (Wildman–Crippen LogP) is 4.91. The molecule has 0 fully saturated rings. The molecule has 0 unspecified atom stereocenters. The first kappa shape index (κ1) is 15.9. The van der Waals surface area contributed by atoms with Gasteiger partial charge in [0, 0.05) is 13.4 Å². The minimum absolute atomic E-state index is 0.0665. The molecule has 20 heavy (non-hydrogen) atoms. The smallest absolute Gasteiger partial charge is 0.263 e. The van der Waals surface area contributed by atoms with Crippen molar-refractivity contribution >= 4 is 63.5 Å². The molecule has 0 saturated heterocycles. The van der Waals surface area contributed by atoms with Crippen molar-refractivity contribution in [2.75, 3.05) is 4.72 Å². The second kappa shape index (κ2) is 6.13. The van der Waals surface area contributed by atoms with Crippen LogP contribution >= 0.6 is 47.8 Å². The summed E-state index contributed by atoms with van der Waals surface area (Å²) in [6.07, 6.45) is 0. The maximum Gasteiger partial charge on any atom is 0.263 e. The first-order valence-electron chi connectivity index (χ1n) is 5.22. The molecule has 0 bridgehead atoms. The van der Waals surface area contributed by atoms with E-state index in [9.17, 15) is 12.8 Å². The van der Waals surface area contributed by atoms with Gasteiger partial charge in [0.05, 0.1) is 5.69 Å². The van der Waals surface area contributed by atoms with Crippen LogP contribution in [0.3, 0.4) is 0 Å². The van der Waals surface area contributed by atoms with Gasteiger partial charge in [-0.05, 0) is 68.3 Å². The third-order valence-electron chi connectivity index (χ3n) is 2.36. The number of anilines is 1. The highest BCUT2D eigenvalue weighted by Gasteiger charge is 2.19. The van der Waals surface area contributed by atoms with Gasteiger partial charge >= 0.3 is 0 Å². The zero-order valence-electron chi connectivity index (χ0n) is 9.70. The zero-order valence-corrected chi connectivity index (χ0v) is 15.3. The van der Waals surface area contributed by atoms with Crippen LogP contribution in [-0.2, 0) is 10.0 Å². The summed E-state index contributed by atoms with van der Waals surface area (Å²) in [5.74, 6) is -0.527. The van der Waals surface area contributed by atoms with Crippen LogP contribution in [0, 0.1) is 5.82 Å². The molecule has 2 aromatic rings.